The van der Waals surface area contributed by atoms with Crippen molar-refractivity contribution in [3.63, 3.8) is 0 Å². The summed E-state index contributed by atoms with van der Waals surface area (Å²) in [5.74, 6) is -0.134. The zero-order valence-electron chi connectivity index (χ0n) is 13.1. The van der Waals surface area contributed by atoms with Gasteiger partial charge in [0.2, 0.25) is 0 Å². The number of aromatic nitrogens is 1. The number of anilines is 1. The summed E-state index contributed by atoms with van der Waals surface area (Å²) < 4.78 is 0. The fourth-order valence-electron chi connectivity index (χ4n) is 2.78. The van der Waals surface area contributed by atoms with Crippen molar-refractivity contribution in [2.75, 3.05) is 18.5 Å². The van der Waals surface area contributed by atoms with Crippen LogP contribution in [0.3, 0.4) is 0 Å². The summed E-state index contributed by atoms with van der Waals surface area (Å²) in [4.78, 5) is 6.62. The molecule has 0 saturated heterocycles. The Morgan fingerprint density at radius 1 is 1.00 bits per heavy atom. The Labute approximate surface area is 135 Å². The summed E-state index contributed by atoms with van der Waals surface area (Å²) >= 11 is 0. The Morgan fingerprint density at radius 3 is 2.65 bits per heavy atom. The lowest BCUT2D eigenvalue weighted by Crippen LogP contribution is -2.19. The molecule has 0 spiro atoms. The monoisotopic (exact) mass is 308 g/mol. The number of phenols is 2. The van der Waals surface area contributed by atoms with Gasteiger partial charge >= 0.3 is 0 Å². The van der Waals surface area contributed by atoms with Gasteiger partial charge in [-0.05, 0) is 42.7 Å². The maximum absolute atomic E-state index is 9.54. The van der Waals surface area contributed by atoms with Crippen LogP contribution in [0.2, 0.25) is 0 Å². The summed E-state index contributed by atoms with van der Waals surface area (Å²) in [5.41, 5.74) is 3.19. The van der Waals surface area contributed by atoms with E-state index in [1.54, 1.807) is 6.07 Å². The molecule has 0 saturated carbocycles. The zero-order chi connectivity index (χ0) is 16.2. The Kier molecular flexibility index (Phi) is 4.33. The Balaban J connectivity index is 1.67. The number of nitrogens with zero attached hydrogens (tertiary/aromatic N) is 2. The first-order valence-corrected chi connectivity index (χ1v) is 7.71. The van der Waals surface area contributed by atoms with Crippen LogP contribution in [0.5, 0.6) is 11.5 Å². The minimum atomic E-state index is -0.0749. The van der Waals surface area contributed by atoms with E-state index in [-0.39, 0.29) is 11.5 Å². The number of hydrogen-bond acceptors (Lipinski definition) is 4. The lowest BCUT2D eigenvalue weighted by atomic mass is 10.1. The average molecular weight is 308 g/mol. The van der Waals surface area contributed by atoms with Gasteiger partial charge in [-0.25, -0.2) is 0 Å². The van der Waals surface area contributed by atoms with Crippen molar-refractivity contribution in [3.05, 3.63) is 60.3 Å². The van der Waals surface area contributed by atoms with Gasteiger partial charge < -0.3 is 15.1 Å². The number of para-hydroxylation sites is 1. The van der Waals surface area contributed by atoms with Crippen LogP contribution in [0.15, 0.2) is 54.7 Å². The van der Waals surface area contributed by atoms with E-state index < -0.39 is 0 Å². The predicted molar refractivity (Wildman–Crippen MR) is 93.1 cm³/mol. The van der Waals surface area contributed by atoms with Crippen LogP contribution in [-0.2, 0) is 6.42 Å². The van der Waals surface area contributed by atoms with Gasteiger partial charge in [0.05, 0.1) is 5.52 Å². The fourth-order valence-corrected chi connectivity index (χ4v) is 2.78. The normalized spacial score (nSPS) is 10.8. The minimum absolute atomic E-state index is 0.0593. The largest absolute Gasteiger partial charge is 0.504 e. The minimum Gasteiger partial charge on any atom is -0.504 e. The molecule has 0 atom stereocenters. The van der Waals surface area contributed by atoms with Crippen molar-refractivity contribution in [1.29, 1.82) is 0 Å². The van der Waals surface area contributed by atoms with E-state index in [1.165, 1.54) is 11.8 Å². The molecule has 0 unspecified atom stereocenters. The van der Waals surface area contributed by atoms with Crippen molar-refractivity contribution in [3.8, 4) is 11.5 Å². The molecule has 0 aliphatic rings. The smallest absolute Gasteiger partial charge is 0.157 e. The van der Waals surface area contributed by atoms with E-state index in [0.29, 0.717) is 0 Å². The molecule has 0 aliphatic heterocycles. The van der Waals surface area contributed by atoms with Crippen molar-refractivity contribution >= 4 is 16.6 Å². The van der Waals surface area contributed by atoms with Crippen LogP contribution in [0, 0.1) is 0 Å². The number of fused-ring (bicyclic) bond motifs is 1. The van der Waals surface area contributed by atoms with Gasteiger partial charge in [-0.3, -0.25) is 4.98 Å². The molecule has 2 N–H and O–H groups in total. The molecule has 0 radical (unpaired) electrons. The molecule has 2 aromatic carbocycles. The highest BCUT2D eigenvalue weighted by atomic mass is 16.3. The van der Waals surface area contributed by atoms with Gasteiger partial charge in [-0.2, -0.15) is 0 Å². The van der Waals surface area contributed by atoms with Gasteiger partial charge in [0.15, 0.2) is 11.5 Å². The van der Waals surface area contributed by atoms with E-state index in [9.17, 15) is 10.2 Å². The molecular formula is C19H20N2O2. The van der Waals surface area contributed by atoms with E-state index >= 15 is 0 Å². The topological polar surface area (TPSA) is 56.6 Å². The third-order valence-corrected chi connectivity index (χ3v) is 4.04. The van der Waals surface area contributed by atoms with Gasteiger partial charge in [-0.15, -0.1) is 0 Å². The second-order valence-electron chi connectivity index (χ2n) is 5.70. The summed E-state index contributed by atoms with van der Waals surface area (Å²) in [6.07, 6.45) is 3.64. The predicted octanol–water partition coefficient (Wildman–Crippen LogP) is 3.72. The fraction of sp³-hybridized carbons (Fsp3) is 0.211. The highest BCUT2D eigenvalue weighted by molar-refractivity contribution is 5.91. The van der Waals surface area contributed by atoms with E-state index in [0.717, 1.165) is 35.9 Å². The number of aromatic hydroxyl groups is 2. The molecule has 0 amide bonds. The molecule has 3 rings (SSSR count). The summed E-state index contributed by atoms with van der Waals surface area (Å²) in [5, 5.41) is 20.0. The number of hydrogen-bond donors (Lipinski definition) is 2. The van der Waals surface area contributed by atoms with Crippen LogP contribution >= 0.6 is 0 Å². The molecule has 23 heavy (non-hydrogen) atoms. The first kappa shape index (κ1) is 15.2. The van der Waals surface area contributed by atoms with Gasteiger partial charge in [-0.1, -0.05) is 24.3 Å². The lowest BCUT2D eigenvalue weighted by molar-refractivity contribution is 0.403. The SMILES string of the molecule is CN(CCCc1ccc(O)c(O)c1)c1ccnc2ccccc12. The summed E-state index contributed by atoms with van der Waals surface area (Å²) in [7, 11) is 2.08. The van der Waals surface area contributed by atoms with Crippen molar-refractivity contribution < 1.29 is 10.2 Å². The Bertz CT molecular complexity index is 812. The number of phenolic OH excluding ortho intramolecular Hbond substituents is 2. The molecular weight excluding hydrogens is 288 g/mol. The first-order chi connectivity index (χ1) is 11.1. The maximum atomic E-state index is 9.54. The summed E-state index contributed by atoms with van der Waals surface area (Å²) in [6, 6.07) is 15.2. The Morgan fingerprint density at radius 2 is 1.83 bits per heavy atom. The van der Waals surface area contributed by atoms with Crippen LogP contribution in [-0.4, -0.2) is 28.8 Å². The van der Waals surface area contributed by atoms with Gasteiger partial charge in [0.25, 0.3) is 0 Å². The standard InChI is InChI=1S/C19H20N2O2/c1-21(12-4-5-14-8-9-18(22)19(23)13-14)17-10-11-20-16-7-3-2-6-15(16)17/h2-3,6-11,13,22-23H,4-5,12H2,1H3. The lowest BCUT2D eigenvalue weighted by Gasteiger charge is -2.21. The van der Waals surface area contributed by atoms with Gasteiger partial charge in [0, 0.05) is 30.9 Å². The van der Waals surface area contributed by atoms with Gasteiger partial charge in [0.1, 0.15) is 0 Å². The molecule has 4 heteroatoms. The highest BCUT2D eigenvalue weighted by Crippen LogP contribution is 2.26. The van der Waals surface area contributed by atoms with Crippen LogP contribution in [0.25, 0.3) is 10.9 Å². The van der Waals surface area contributed by atoms with Crippen LogP contribution in [0.4, 0.5) is 5.69 Å². The zero-order valence-corrected chi connectivity index (χ0v) is 13.1. The summed E-state index contributed by atoms with van der Waals surface area (Å²) in [6.45, 7) is 0.898. The average Bonchev–Trinajstić information content (AvgIpc) is 2.57. The van der Waals surface area contributed by atoms with E-state index in [2.05, 4.69) is 23.0 Å². The Hall–Kier alpha value is -2.75. The van der Waals surface area contributed by atoms with E-state index in [1.807, 2.05) is 36.5 Å². The molecule has 1 aromatic heterocycles. The van der Waals surface area contributed by atoms with Crippen molar-refractivity contribution in [1.82, 2.24) is 4.98 Å². The molecule has 118 valence electrons. The number of aryl methyl sites for hydroxylation is 1. The van der Waals surface area contributed by atoms with E-state index in [4.69, 9.17) is 0 Å². The number of benzene rings is 2. The number of rotatable bonds is 5. The van der Waals surface area contributed by atoms with Crippen LogP contribution in [0.1, 0.15) is 12.0 Å². The molecule has 0 bridgehead atoms. The second kappa shape index (κ2) is 6.57. The third-order valence-electron chi connectivity index (χ3n) is 4.04. The second-order valence-corrected chi connectivity index (χ2v) is 5.70. The van der Waals surface area contributed by atoms with Crippen molar-refractivity contribution in [2.45, 2.75) is 12.8 Å². The molecule has 1 heterocycles. The maximum Gasteiger partial charge on any atom is 0.157 e. The first-order valence-electron chi connectivity index (χ1n) is 7.71. The molecule has 4 nitrogen and oxygen atoms in total. The van der Waals surface area contributed by atoms with Crippen LogP contribution < -0.4 is 4.90 Å². The highest BCUT2D eigenvalue weighted by Gasteiger charge is 2.07. The van der Waals surface area contributed by atoms with Crippen molar-refractivity contribution in [2.24, 2.45) is 0 Å². The molecule has 3 aromatic rings. The number of pyridine rings is 1. The third kappa shape index (κ3) is 3.37. The molecule has 0 fully saturated rings. The quantitative estimate of drug-likeness (QED) is 0.705. The molecule has 0 aliphatic carbocycles.